The van der Waals surface area contributed by atoms with Gasteiger partial charge in [0.2, 0.25) is 10.0 Å². The molecule has 1 saturated heterocycles. The van der Waals surface area contributed by atoms with Gasteiger partial charge in [-0.1, -0.05) is 6.07 Å². The second-order valence-corrected chi connectivity index (χ2v) is 10.5. The molecule has 4 rings (SSSR count). The number of carbonyl (C=O) groups excluding carboxylic acids is 1. The number of anilines is 1. The number of nitrogens with zero attached hydrogens (tertiary/aromatic N) is 3. The molecular formula is C20H22N4O3S3. The molecule has 7 nitrogen and oxygen atoms in total. The van der Waals surface area contributed by atoms with Gasteiger partial charge in [-0.2, -0.15) is 0 Å². The minimum absolute atomic E-state index is 0.0773. The van der Waals surface area contributed by atoms with Crippen molar-refractivity contribution < 1.29 is 13.2 Å². The number of benzene rings is 1. The number of thiazole rings is 1. The van der Waals surface area contributed by atoms with Crippen molar-refractivity contribution in [3.8, 4) is 0 Å². The minimum Gasteiger partial charge on any atom is -0.346 e. The molecule has 0 atom stereocenters. The molecule has 0 aliphatic carbocycles. The van der Waals surface area contributed by atoms with Gasteiger partial charge in [-0.25, -0.2) is 18.1 Å². The summed E-state index contributed by atoms with van der Waals surface area (Å²) in [5.41, 5.74) is 0.495. The van der Waals surface area contributed by atoms with Crippen LogP contribution in [0.15, 0.2) is 58.3 Å². The van der Waals surface area contributed by atoms with E-state index in [-0.39, 0.29) is 17.3 Å². The van der Waals surface area contributed by atoms with E-state index in [1.54, 1.807) is 29.7 Å². The molecule has 10 heteroatoms. The molecule has 1 aliphatic heterocycles. The molecule has 2 aromatic heterocycles. The van der Waals surface area contributed by atoms with Gasteiger partial charge in [0, 0.05) is 54.7 Å². The molecule has 0 unspecified atom stereocenters. The molecule has 158 valence electrons. The van der Waals surface area contributed by atoms with Gasteiger partial charge in [0.1, 0.15) is 0 Å². The van der Waals surface area contributed by atoms with Crippen LogP contribution in [0.2, 0.25) is 0 Å². The van der Waals surface area contributed by atoms with Gasteiger partial charge in [0.25, 0.3) is 5.91 Å². The first-order valence-corrected chi connectivity index (χ1v) is 12.8. The van der Waals surface area contributed by atoms with Gasteiger partial charge in [-0.3, -0.25) is 4.79 Å². The summed E-state index contributed by atoms with van der Waals surface area (Å²) in [6.45, 7) is 3.14. The summed E-state index contributed by atoms with van der Waals surface area (Å²) in [5, 5.41) is 4.84. The Morgan fingerprint density at radius 2 is 1.87 bits per heavy atom. The third kappa shape index (κ3) is 4.89. The molecule has 0 spiro atoms. The largest absolute Gasteiger partial charge is 0.346 e. The fraction of sp³-hybridized carbons (Fsp3) is 0.300. The van der Waals surface area contributed by atoms with Gasteiger partial charge < -0.3 is 9.80 Å². The normalized spacial score (nSPS) is 15.2. The molecule has 3 heterocycles. The van der Waals surface area contributed by atoms with E-state index < -0.39 is 10.0 Å². The summed E-state index contributed by atoms with van der Waals surface area (Å²) in [5.74, 6) is -0.0773. The van der Waals surface area contributed by atoms with Crippen LogP contribution >= 0.6 is 22.7 Å². The van der Waals surface area contributed by atoms with Crippen molar-refractivity contribution in [2.75, 3.05) is 31.1 Å². The lowest BCUT2D eigenvalue weighted by molar-refractivity contribution is 0.0767. The molecule has 0 radical (unpaired) electrons. The zero-order valence-electron chi connectivity index (χ0n) is 16.2. The molecular weight excluding hydrogens is 440 g/mol. The number of thiophene rings is 1. The summed E-state index contributed by atoms with van der Waals surface area (Å²) >= 11 is 3.10. The van der Waals surface area contributed by atoms with Crippen LogP contribution < -0.4 is 9.62 Å². The molecule has 1 N–H and O–H groups in total. The van der Waals surface area contributed by atoms with E-state index in [1.165, 1.54) is 23.5 Å². The van der Waals surface area contributed by atoms with Crippen molar-refractivity contribution in [2.24, 2.45) is 0 Å². The number of hydrogen-bond acceptors (Lipinski definition) is 7. The molecule has 1 amide bonds. The maximum Gasteiger partial charge on any atom is 0.253 e. The standard InChI is InChI=1S/C20H22N4O3S3/c25-19(23-9-2-10-24(12-11-23)20-21-8-14-29-20)16-4-6-18(7-5-16)30(26,27)22-15-17-3-1-13-28-17/h1,3-8,13-14,22H,2,9-12,15H2. The molecule has 3 aromatic rings. The quantitative estimate of drug-likeness (QED) is 0.609. The van der Waals surface area contributed by atoms with Crippen molar-refractivity contribution >= 4 is 43.7 Å². The smallest absolute Gasteiger partial charge is 0.253 e. The molecule has 1 aliphatic rings. The van der Waals surface area contributed by atoms with Crippen LogP contribution in [0.5, 0.6) is 0 Å². The number of aromatic nitrogens is 1. The van der Waals surface area contributed by atoms with E-state index in [0.29, 0.717) is 18.7 Å². The van der Waals surface area contributed by atoms with Gasteiger partial charge in [0.15, 0.2) is 5.13 Å². The Bertz CT molecular complexity index is 1070. The van der Waals surface area contributed by atoms with Crippen LogP contribution in [-0.2, 0) is 16.6 Å². The van der Waals surface area contributed by atoms with Gasteiger partial charge >= 0.3 is 0 Å². The highest BCUT2D eigenvalue weighted by atomic mass is 32.2. The summed E-state index contributed by atoms with van der Waals surface area (Å²) in [7, 11) is -3.62. The molecule has 0 bridgehead atoms. The number of amides is 1. The lowest BCUT2D eigenvalue weighted by Gasteiger charge is -2.22. The maximum absolute atomic E-state index is 12.9. The number of hydrogen-bond donors (Lipinski definition) is 1. The fourth-order valence-electron chi connectivity index (χ4n) is 3.31. The van der Waals surface area contributed by atoms with Gasteiger partial charge in [-0.15, -0.1) is 22.7 Å². The van der Waals surface area contributed by atoms with Crippen LogP contribution in [0.3, 0.4) is 0 Å². The summed E-state index contributed by atoms with van der Waals surface area (Å²) in [6, 6.07) is 9.92. The number of carbonyl (C=O) groups is 1. The van der Waals surface area contributed by atoms with Crippen LogP contribution in [0.25, 0.3) is 0 Å². The highest BCUT2D eigenvalue weighted by Gasteiger charge is 2.22. The first kappa shape index (κ1) is 21.0. The predicted molar refractivity (Wildman–Crippen MR) is 120 cm³/mol. The van der Waals surface area contributed by atoms with Gasteiger partial charge in [-0.05, 0) is 42.1 Å². The van der Waals surface area contributed by atoms with E-state index in [2.05, 4.69) is 14.6 Å². The SMILES string of the molecule is O=C(c1ccc(S(=O)(=O)NCc2cccs2)cc1)N1CCCN(c2nccs2)CC1. The Morgan fingerprint density at radius 3 is 2.57 bits per heavy atom. The first-order chi connectivity index (χ1) is 14.5. The lowest BCUT2D eigenvalue weighted by atomic mass is 10.2. The van der Waals surface area contributed by atoms with E-state index in [0.717, 1.165) is 29.5 Å². The highest BCUT2D eigenvalue weighted by Crippen LogP contribution is 2.20. The Labute approximate surface area is 184 Å². The second kappa shape index (κ2) is 9.25. The van der Waals surface area contributed by atoms with Gasteiger partial charge in [0.05, 0.1) is 4.90 Å². The van der Waals surface area contributed by atoms with E-state index in [4.69, 9.17) is 0 Å². The second-order valence-electron chi connectivity index (χ2n) is 6.88. The number of nitrogens with one attached hydrogen (secondary N) is 1. The van der Waals surface area contributed by atoms with Crippen molar-refractivity contribution in [2.45, 2.75) is 17.9 Å². The van der Waals surface area contributed by atoms with E-state index in [9.17, 15) is 13.2 Å². The average Bonchev–Trinajstić information content (AvgIpc) is 3.43. The predicted octanol–water partition coefficient (Wildman–Crippen LogP) is 3.04. The van der Waals surface area contributed by atoms with Crippen molar-refractivity contribution in [1.82, 2.24) is 14.6 Å². The Hall–Kier alpha value is -2.27. The molecule has 1 fully saturated rings. The van der Waals surface area contributed by atoms with Crippen molar-refractivity contribution in [1.29, 1.82) is 0 Å². The monoisotopic (exact) mass is 462 g/mol. The zero-order chi connectivity index (χ0) is 21.0. The third-order valence-electron chi connectivity index (χ3n) is 4.90. The maximum atomic E-state index is 12.9. The van der Waals surface area contributed by atoms with Crippen LogP contribution in [0.4, 0.5) is 5.13 Å². The summed E-state index contributed by atoms with van der Waals surface area (Å²) in [6.07, 6.45) is 2.66. The molecule has 1 aromatic carbocycles. The minimum atomic E-state index is -3.62. The number of sulfonamides is 1. The average molecular weight is 463 g/mol. The highest BCUT2D eigenvalue weighted by molar-refractivity contribution is 7.89. The Balaban J connectivity index is 1.39. The number of rotatable bonds is 6. The van der Waals surface area contributed by atoms with Crippen LogP contribution in [0, 0.1) is 0 Å². The fourth-order valence-corrected chi connectivity index (χ4v) is 5.75. The van der Waals surface area contributed by atoms with Crippen LogP contribution in [-0.4, -0.2) is 50.4 Å². The van der Waals surface area contributed by atoms with Crippen molar-refractivity contribution in [3.63, 3.8) is 0 Å². The molecule has 0 saturated carbocycles. The Morgan fingerprint density at radius 1 is 1.03 bits per heavy atom. The summed E-state index contributed by atoms with van der Waals surface area (Å²) < 4.78 is 27.6. The van der Waals surface area contributed by atoms with E-state index >= 15 is 0 Å². The zero-order valence-corrected chi connectivity index (χ0v) is 18.7. The third-order valence-corrected chi connectivity index (χ3v) is 8.03. The van der Waals surface area contributed by atoms with E-state index in [1.807, 2.05) is 27.8 Å². The summed E-state index contributed by atoms with van der Waals surface area (Å²) in [4.78, 5) is 22.4. The van der Waals surface area contributed by atoms with Crippen molar-refractivity contribution in [3.05, 3.63) is 63.8 Å². The van der Waals surface area contributed by atoms with Crippen LogP contribution in [0.1, 0.15) is 21.7 Å². The Kier molecular flexibility index (Phi) is 6.47. The molecule has 30 heavy (non-hydrogen) atoms. The lowest BCUT2D eigenvalue weighted by Crippen LogP contribution is -2.35. The topological polar surface area (TPSA) is 82.6 Å². The first-order valence-electron chi connectivity index (χ1n) is 9.59.